The van der Waals surface area contributed by atoms with Crippen LogP contribution in [0.25, 0.3) is 17.0 Å². The maximum Gasteiger partial charge on any atom is 0.392 e. The maximum atomic E-state index is 15.7. The standard InChI is InChI=1S/C29H27F5N2O2/c1-15-8-19-18-4-2-3-5-23(18)35-26(19)27(25-21(30)9-16(10-22(25)31)6-7-24(37)38)36(15)14-28-11-17(12-28)20(13-28)29(32,33)34/h2-7,9-10,15,17,20,27,35H,8,11-14H2,1H3,(H,37,38)/b7-6+/t15?,17?,20-,27?,28?/m0/s1. The van der Waals surface area contributed by atoms with Crippen LogP contribution >= 0.6 is 0 Å². The molecule has 2 unspecified atom stereocenters. The van der Waals surface area contributed by atoms with Crippen LogP contribution in [0.4, 0.5) is 22.0 Å². The van der Waals surface area contributed by atoms with Gasteiger partial charge in [0.05, 0.1) is 12.0 Å². The van der Waals surface area contributed by atoms with Crippen molar-refractivity contribution in [3.63, 3.8) is 0 Å². The Morgan fingerprint density at radius 1 is 1.16 bits per heavy atom. The molecule has 3 fully saturated rings. The molecule has 4 nitrogen and oxygen atoms in total. The molecule has 3 aliphatic carbocycles. The van der Waals surface area contributed by atoms with Crippen LogP contribution in [-0.4, -0.2) is 39.7 Å². The van der Waals surface area contributed by atoms with Gasteiger partial charge in [-0.1, -0.05) is 18.2 Å². The van der Waals surface area contributed by atoms with Crippen molar-refractivity contribution in [2.75, 3.05) is 6.54 Å². The van der Waals surface area contributed by atoms with Gasteiger partial charge in [-0.05, 0) is 79.3 Å². The van der Waals surface area contributed by atoms with E-state index in [1.807, 2.05) is 36.1 Å². The van der Waals surface area contributed by atoms with E-state index in [9.17, 15) is 18.0 Å². The number of halogens is 5. The summed E-state index contributed by atoms with van der Waals surface area (Å²) in [7, 11) is 0. The van der Waals surface area contributed by atoms with E-state index in [0.29, 0.717) is 31.5 Å². The molecule has 3 saturated carbocycles. The molecule has 3 atom stereocenters. The lowest BCUT2D eigenvalue weighted by molar-refractivity contribution is -0.180. The number of nitrogens with one attached hydrogen (secondary N) is 1. The Hall–Kier alpha value is -3.20. The molecule has 3 aromatic rings. The van der Waals surface area contributed by atoms with Gasteiger partial charge in [-0.25, -0.2) is 13.6 Å². The lowest BCUT2D eigenvalue weighted by Crippen LogP contribution is -2.50. The Morgan fingerprint density at radius 3 is 2.47 bits per heavy atom. The SMILES string of the molecule is CC1Cc2c([nH]c3ccccc23)C(c2c(F)cc(/C=C/C(=O)O)cc2F)N1CC12CC(C1)[C@@H](C(F)(F)F)C2. The first-order chi connectivity index (χ1) is 18.0. The number of para-hydroxylation sites is 1. The first-order valence-corrected chi connectivity index (χ1v) is 12.8. The van der Waals surface area contributed by atoms with E-state index < -0.39 is 41.2 Å². The van der Waals surface area contributed by atoms with Crippen LogP contribution < -0.4 is 0 Å². The van der Waals surface area contributed by atoms with Crippen molar-refractivity contribution >= 4 is 22.9 Å². The first kappa shape index (κ1) is 25.1. The number of carbonyl (C=O) groups is 1. The zero-order chi connectivity index (χ0) is 27.0. The van der Waals surface area contributed by atoms with Gasteiger partial charge in [0.15, 0.2) is 0 Å². The molecule has 9 heteroatoms. The zero-order valence-electron chi connectivity index (χ0n) is 20.7. The number of aliphatic carboxylic acids is 1. The van der Waals surface area contributed by atoms with Gasteiger partial charge in [-0.3, -0.25) is 4.90 Å². The van der Waals surface area contributed by atoms with Crippen LogP contribution in [0.3, 0.4) is 0 Å². The number of fused-ring (bicyclic) bond motifs is 4. The number of carboxylic acid groups (broad SMARTS) is 1. The molecule has 1 aromatic heterocycles. The van der Waals surface area contributed by atoms with Crippen molar-refractivity contribution in [2.45, 2.75) is 50.9 Å². The lowest BCUT2D eigenvalue weighted by Gasteiger charge is -2.48. The van der Waals surface area contributed by atoms with E-state index in [1.54, 1.807) is 0 Å². The minimum atomic E-state index is -4.24. The van der Waals surface area contributed by atoms with Gasteiger partial charge in [0.1, 0.15) is 11.6 Å². The van der Waals surface area contributed by atoms with Crippen molar-refractivity contribution in [1.29, 1.82) is 0 Å². The van der Waals surface area contributed by atoms with Crippen LogP contribution in [0.1, 0.15) is 54.6 Å². The minimum absolute atomic E-state index is 0.0422. The fourth-order valence-electron chi connectivity index (χ4n) is 7.29. The monoisotopic (exact) mass is 530 g/mol. The normalized spacial score (nSPS) is 29.1. The highest BCUT2D eigenvalue weighted by atomic mass is 19.4. The van der Waals surface area contributed by atoms with Crippen molar-refractivity contribution < 1.29 is 31.9 Å². The number of benzene rings is 2. The topological polar surface area (TPSA) is 56.3 Å². The maximum absolute atomic E-state index is 15.7. The molecule has 1 aliphatic heterocycles. The van der Waals surface area contributed by atoms with Crippen LogP contribution in [0.5, 0.6) is 0 Å². The summed E-state index contributed by atoms with van der Waals surface area (Å²) in [4.78, 5) is 16.2. The number of nitrogens with zero attached hydrogens (tertiary/aromatic N) is 1. The second-order valence-electron chi connectivity index (χ2n) is 11.3. The quantitative estimate of drug-likeness (QED) is 0.280. The molecule has 38 heavy (non-hydrogen) atoms. The smallest absolute Gasteiger partial charge is 0.392 e. The molecule has 7 rings (SSSR count). The van der Waals surface area contributed by atoms with Crippen molar-refractivity contribution in [3.8, 4) is 0 Å². The Bertz CT molecular complexity index is 1430. The van der Waals surface area contributed by atoms with Crippen LogP contribution in [0.15, 0.2) is 42.5 Å². The van der Waals surface area contributed by atoms with Gasteiger partial charge in [-0.2, -0.15) is 13.2 Å². The highest BCUT2D eigenvalue weighted by Crippen LogP contribution is 2.66. The molecule has 4 aliphatic rings. The fraction of sp³-hybridized carbons (Fsp3) is 0.414. The van der Waals surface area contributed by atoms with E-state index in [2.05, 4.69) is 4.98 Å². The summed E-state index contributed by atoms with van der Waals surface area (Å²) in [5, 5.41) is 9.85. The number of carboxylic acids is 1. The summed E-state index contributed by atoms with van der Waals surface area (Å²) in [5.74, 6) is -4.60. The predicted octanol–water partition coefficient (Wildman–Crippen LogP) is 6.86. The molecule has 2 N–H and O–H groups in total. The van der Waals surface area contributed by atoms with E-state index >= 15 is 8.78 Å². The molecular formula is C29H27F5N2O2. The van der Waals surface area contributed by atoms with Crippen LogP contribution in [0.2, 0.25) is 0 Å². The van der Waals surface area contributed by atoms with Crippen molar-refractivity contribution in [1.82, 2.24) is 9.88 Å². The molecule has 200 valence electrons. The first-order valence-electron chi connectivity index (χ1n) is 12.8. The number of hydrogen-bond acceptors (Lipinski definition) is 2. The molecule has 2 heterocycles. The van der Waals surface area contributed by atoms with E-state index in [-0.39, 0.29) is 29.5 Å². The van der Waals surface area contributed by atoms with Gasteiger partial charge < -0.3 is 10.1 Å². The Morgan fingerprint density at radius 2 is 1.84 bits per heavy atom. The third kappa shape index (κ3) is 4.02. The summed E-state index contributed by atoms with van der Waals surface area (Å²) in [6.45, 7) is 2.27. The molecule has 0 amide bonds. The van der Waals surface area contributed by atoms with Gasteiger partial charge >= 0.3 is 12.1 Å². The third-order valence-corrected chi connectivity index (χ3v) is 8.86. The molecule has 2 bridgehead atoms. The van der Waals surface area contributed by atoms with Gasteiger partial charge in [-0.15, -0.1) is 0 Å². The number of aromatic nitrogens is 1. The Balaban J connectivity index is 1.45. The number of rotatable bonds is 5. The summed E-state index contributed by atoms with van der Waals surface area (Å²) in [6, 6.07) is 8.79. The molecule has 2 aromatic carbocycles. The molecule has 0 spiro atoms. The molecule has 0 radical (unpaired) electrons. The average molecular weight is 531 g/mol. The third-order valence-electron chi connectivity index (χ3n) is 8.86. The second-order valence-corrected chi connectivity index (χ2v) is 11.3. The van der Waals surface area contributed by atoms with Gasteiger partial charge in [0, 0.05) is 40.8 Å². The highest BCUT2D eigenvalue weighted by molar-refractivity contribution is 5.86. The highest BCUT2D eigenvalue weighted by Gasteiger charge is 2.64. The predicted molar refractivity (Wildman–Crippen MR) is 132 cm³/mol. The summed E-state index contributed by atoms with van der Waals surface area (Å²) >= 11 is 0. The van der Waals surface area contributed by atoms with Gasteiger partial charge in [0.25, 0.3) is 0 Å². The van der Waals surface area contributed by atoms with Crippen molar-refractivity contribution in [3.05, 3.63) is 76.5 Å². The number of hydrogen-bond donors (Lipinski definition) is 2. The minimum Gasteiger partial charge on any atom is -0.478 e. The summed E-state index contributed by atoms with van der Waals surface area (Å²) < 4.78 is 72.2. The fourth-order valence-corrected chi connectivity index (χ4v) is 7.29. The number of H-pyrrole nitrogens is 1. The largest absolute Gasteiger partial charge is 0.478 e. The Labute approximate surface area is 216 Å². The van der Waals surface area contributed by atoms with E-state index in [4.69, 9.17) is 5.11 Å². The van der Waals surface area contributed by atoms with Crippen LogP contribution in [-0.2, 0) is 11.2 Å². The lowest BCUT2D eigenvalue weighted by atomic mass is 9.68. The molecule has 0 saturated heterocycles. The van der Waals surface area contributed by atoms with E-state index in [0.717, 1.165) is 40.8 Å². The zero-order valence-corrected chi connectivity index (χ0v) is 20.7. The number of alkyl halides is 3. The summed E-state index contributed by atoms with van der Waals surface area (Å²) in [6.07, 6.45) is -0.731. The number of aromatic amines is 1. The van der Waals surface area contributed by atoms with Crippen LogP contribution in [0, 0.1) is 28.9 Å². The second kappa shape index (κ2) is 8.66. The van der Waals surface area contributed by atoms with E-state index in [1.165, 1.54) is 0 Å². The summed E-state index contributed by atoms with van der Waals surface area (Å²) in [5.41, 5.74) is 1.79. The molecular weight excluding hydrogens is 503 g/mol. The van der Waals surface area contributed by atoms with Gasteiger partial charge in [0.2, 0.25) is 0 Å². The van der Waals surface area contributed by atoms with Crippen molar-refractivity contribution in [2.24, 2.45) is 17.3 Å². The average Bonchev–Trinajstić information content (AvgIpc) is 3.49. The Kier molecular flexibility index (Phi) is 5.72.